The molecule has 0 aliphatic carbocycles. The van der Waals surface area contributed by atoms with Gasteiger partial charge in [0.1, 0.15) is 11.9 Å². The van der Waals surface area contributed by atoms with Crippen LogP contribution in [0.3, 0.4) is 0 Å². The van der Waals surface area contributed by atoms with E-state index in [9.17, 15) is 32.9 Å². The number of fused-ring (bicyclic) bond motifs is 1. The highest BCUT2D eigenvalue weighted by Crippen LogP contribution is 2.39. The van der Waals surface area contributed by atoms with Gasteiger partial charge in [0.15, 0.2) is 0 Å². The Labute approximate surface area is 213 Å². The minimum Gasteiger partial charge on any atom is -0.339 e. The number of carbonyl (C=O) groups excluding carboxylic acids is 2. The normalized spacial score (nSPS) is 16.9. The number of para-hydroxylation sites is 1. The molecule has 1 aliphatic rings. The summed E-state index contributed by atoms with van der Waals surface area (Å²) in [6, 6.07) is 17.0. The number of carbonyl (C=O) groups is 2. The lowest BCUT2D eigenvalue weighted by molar-refractivity contribution is -0.384. The Morgan fingerprint density at radius 1 is 1.03 bits per heavy atom. The average Bonchev–Trinajstić information content (AvgIpc) is 3.32. The van der Waals surface area contributed by atoms with Crippen molar-refractivity contribution < 1.29 is 27.7 Å². The van der Waals surface area contributed by atoms with Crippen LogP contribution < -0.4 is 10.6 Å². The van der Waals surface area contributed by atoms with E-state index < -0.39 is 40.4 Å². The first-order valence-electron chi connectivity index (χ1n) is 11.3. The zero-order chi connectivity index (χ0) is 27.0. The minimum absolute atomic E-state index is 0.228. The van der Waals surface area contributed by atoms with Crippen molar-refractivity contribution in [2.24, 2.45) is 0 Å². The molecule has 1 aromatic heterocycles. The van der Waals surface area contributed by atoms with Gasteiger partial charge in [-0.3, -0.25) is 19.7 Å². The van der Waals surface area contributed by atoms with Crippen molar-refractivity contribution in [3.63, 3.8) is 0 Å². The van der Waals surface area contributed by atoms with Gasteiger partial charge in [-0.1, -0.05) is 36.4 Å². The SMILES string of the molecule is O=C(N[C@@H]1C(=O)Nc2c(cnn2-c2ccccc2)[C@H]1c1cccc([N+](=O)[O-])c1)c1cccc(C(F)(F)F)c1. The molecule has 2 amide bonds. The van der Waals surface area contributed by atoms with Crippen LogP contribution in [0.1, 0.15) is 33.0 Å². The largest absolute Gasteiger partial charge is 0.416 e. The molecule has 0 unspecified atom stereocenters. The van der Waals surface area contributed by atoms with Gasteiger partial charge in [-0.05, 0) is 35.9 Å². The van der Waals surface area contributed by atoms with Crippen molar-refractivity contribution in [1.82, 2.24) is 15.1 Å². The lowest BCUT2D eigenvalue weighted by Crippen LogP contribution is -2.50. The number of nitrogens with zero attached hydrogens (tertiary/aromatic N) is 3. The number of nitro groups is 1. The molecular weight excluding hydrogens is 503 g/mol. The minimum atomic E-state index is -4.66. The number of halogens is 3. The smallest absolute Gasteiger partial charge is 0.339 e. The zero-order valence-electron chi connectivity index (χ0n) is 19.3. The second-order valence-corrected chi connectivity index (χ2v) is 8.54. The van der Waals surface area contributed by atoms with Crippen molar-refractivity contribution in [1.29, 1.82) is 0 Å². The fraction of sp³-hybridized carbons (Fsp3) is 0.115. The Morgan fingerprint density at radius 2 is 1.76 bits per heavy atom. The molecule has 0 saturated heterocycles. The molecule has 2 N–H and O–H groups in total. The number of anilines is 1. The van der Waals surface area contributed by atoms with Crippen molar-refractivity contribution in [3.05, 3.63) is 117 Å². The third-order valence-electron chi connectivity index (χ3n) is 6.17. The van der Waals surface area contributed by atoms with Gasteiger partial charge < -0.3 is 10.6 Å². The molecule has 0 saturated carbocycles. The molecule has 5 rings (SSSR count). The lowest BCUT2D eigenvalue weighted by atomic mass is 9.83. The van der Waals surface area contributed by atoms with Gasteiger partial charge in [-0.15, -0.1) is 0 Å². The Morgan fingerprint density at radius 3 is 2.47 bits per heavy atom. The Kier molecular flexibility index (Phi) is 6.15. The highest BCUT2D eigenvalue weighted by molar-refractivity contribution is 6.04. The van der Waals surface area contributed by atoms with Gasteiger partial charge in [0.2, 0.25) is 5.91 Å². The summed E-state index contributed by atoms with van der Waals surface area (Å²) in [5.41, 5.74) is -0.0941. The first-order chi connectivity index (χ1) is 18.1. The Balaban J connectivity index is 1.58. The number of aromatic nitrogens is 2. The maximum absolute atomic E-state index is 13.4. The molecule has 0 fully saturated rings. The number of nitrogens with one attached hydrogen (secondary N) is 2. The van der Waals surface area contributed by atoms with Gasteiger partial charge in [-0.2, -0.15) is 18.3 Å². The van der Waals surface area contributed by atoms with Crippen LogP contribution in [0.15, 0.2) is 85.1 Å². The monoisotopic (exact) mass is 521 g/mol. The second kappa shape index (κ2) is 9.47. The Hall–Kier alpha value is -5.00. The van der Waals surface area contributed by atoms with E-state index in [1.54, 1.807) is 30.3 Å². The van der Waals surface area contributed by atoms with Gasteiger partial charge >= 0.3 is 6.18 Å². The quantitative estimate of drug-likeness (QED) is 0.292. The molecule has 3 aromatic carbocycles. The summed E-state index contributed by atoms with van der Waals surface area (Å²) in [4.78, 5) is 37.2. The molecule has 9 nitrogen and oxygen atoms in total. The van der Waals surface area contributed by atoms with Crippen LogP contribution >= 0.6 is 0 Å². The fourth-order valence-corrected chi connectivity index (χ4v) is 4.42. The number of hydrogen-bond acceptors (Lipinski definition) is 5. The van der Waals surface area contributed by atoms with Crippen molar-refractivity contribution in [2.75, 3.05) is 5.32 Å². The van der Waals surface area contributed by atoms with E-state index in [2.05, 4.69) is 15.7 Å². The molecule has 0 radical (unpaired) electrons. The summed E-state index contributed by atoms with van der Waals surface area (Å²) in [7, 11) is 0. The average molecular weight is 521 g/mol. The maximum Gasteiger partial charge on any atom is 0.416 e. The van der Waals surface area contributed by atoms with Gasteiger partial charge in [-0.25, -0.2) is 4.68 Å². The number of alkyl halides is 3. The molecule has 2 atom stereocenters. The predicted octanol–water partition coefficient (Wildman–Crippen LogP) is 4.68. The summed E-state index contributed by atoms with van der Waals surface area (Å²) < 4.78 is 41.0. The number of benzene rings is 3. The summed E-state index contributed by atoms with van der Waals surface area (Å²) in [5, 5.41) is 21.1. The van der Waals surface area contributed by atoms with Crippen LogP contribution in [-0.4, -0.2) is 32.6 Å². The first kappa shape index (κ1) is 24.7. The third-order valence-corrected chi connectivity index (χ3v) is 6.17. The summed E-state index contributed by atoms with van der Waals surface area (Å²) in [6.45, 7) is 0. The summed E-state index contributed by atoms with van der Waals surface area (Å²) in [5.74, 6) is -2.19. The van der Waals surface area contributed by atoms with Gasteiger partial charge in [0, 0.05) is 29.2 Å². The van der Waals surface area contributed by atoms with E-state index >= 15 is 0 Å². The van der Waals surface area contributed by atoms with Crippen LogP contribution in [0.4, 0.5) is 24.7 Å². The van der Waals surface area contributed by atoms with Crippen LogP contribution in [0.25, 0.3) is 5.69 Å². The van der Waals surface area contributed by atoms with Gasteiger partial charge in [0.05, 0.1) is 22.4 Å². The summed E-state index contributed by atoms with van der Waals surface area (Å²) >= 11 is 0. The zero-order valence-corrected chi connectivity index (χ0v) is 19.3. The summed E-state index contributed by atoms with van der Waals surface area (Å²) in [6.07, 6.45) is -3.18. The number of hydrogen-bond donors (Lipinski definition) is 2. The highest BCUT2D eigenvalue weighted by Gasteiger charge is 2.41. The predicted molar refractivity (Wildman–Crippen MR) is 130 cm³/mol. The molecule has 192 valence electrons. The van der Waals surface area contributed by atoms with Crippen LogP contribution in [0.5, 0.6) is 0 Å². The molecule has 12 heteroatoms. The van der Waals surface area contributed by atoms with Crippen molar-refractivity contribution in [2.45, 2.75) is 18.1 Å². The molecular formula is C26H18F3N5O4. The molecule has 0 spiro atoms. The van der Waals surface area contributed by atoms with E-state index in [4.69, 9.17) is 0 Å². The topological polar surface area (TPSA) is 119 Å². The van der Waals surface area contributed by atoms with Crippen molar-refractivity contribution in [3.8, 4) is 5.69 Å². The van der Waals surface area contributed by atoms with Crippen LogP contribution in [0, 0.1) is 10.1 Å². The van der Waals surface area contributed by atoms with E-state index in [1.807, 2.05) is 6.07 Å². The fourth-order valence-electron chi connectivity index (χ4n) is 4.42. The maximum atomic E-state index is 13.4. The number of rotatable bonds is 5. The van der Waals surface area contributed by atoms with Crippen LogP contribution in [0.2, 0.25) is 0 Å². The Bertz CT molecular complexity index is 1550. The van der Waals surface area contributed by atoms with E-state index in [0.717, 1.165) is 12.1 Å². The first-order valence-corrected chi connectivity index (χ1v) is 11.3. The number of nitro benzene ring substituents is 1. The molecule has 2 heterocycles. The number of amides is 2. The van der Waals surface area contributed by atoms with E-state index in [0.29, 0.717) is 28.7 Å². The lowest BCUT2D eigenvalue weighted by Gasteiger charge is -2.32. The molecule has 0 bridgehead atoms. The van der Waals surface area contributed by atoms with Gasteiger partial charge in [0.25, 0.3) is 11.6 Å². The van der Waals surface area contributed by atoms with E-state index in [-0.39, 0.29) is 11.3 Å². The highest BCUT2D eigenvalue weighted by atomic mass is 19.4. The third kappa shape index (κ3) is 4.59. The number of non-ortho nitro benzene ring substituents is 1. The molecule has 4 aromatic rings. The standard InChI is InChI=1S/C26H18F3N5O4/c27-26(28,29)17-8-4-7-16(12-17)24(35)31-22-21(15-6-5-11-19(13-15)34(37)38)20-14-30-33(23(20)32-25(22)36)18-9-2-1-3-10-18/h1-14,21-22H,(H,31,35)(H,32,36)/t21-,22+/m1/s1. The van der Waals surface area contributed by atoms with Crippen molar-refractivity contribution >= 4 is 23.3 Å². The molecule has 1 aliphatic heterocycles. The van der Waals surface area contributed by atoms with E-state index in [1.165, 1.54) is 35.1 Å². The molecule has 38 heavy (non-hydrogen) atoms. The van der Waals surface area contributed by atoms with Crippen LogP contribution in [-0.2, 0) is 11.0 Å². The second-order valence-electron chi connectivity index (χ2n) is 8.54.